The Hall–Kier alpha value is 0.592. The molecule has 0 atom stereocenters. The first kappa shape index (κ1) is 19.2. The van der Waals surface area contributed by atoms with E-state index in [1.54, 1.807) is 0 Å². The van der Waals surface area contributed by atoms with E-state index in [4.69, 9.17) is 0 Å². The van der Waals surface area contributed by atoms with Crippen LogP contribution >= 0.6 is 0 Å². The minimum absolute atomic E-state index is 0. The third kappa shape index (κ3) is 3.68. The molecule has 0 bridgehead atoms. The van der Waals surface area contributed by atoms with Gasteiger partial charge in [0.2, 0.25) is 0 Å². The second kappa shape index (κ2) is 6.15. The molecule has 1 rings (SSSR count). The van der Waals surface area contributed by atoms with Crippen LogP contribution in [-0.4, -0.2) is 0 Å². The third-order valence-electron chi connectivity index (χ3n) is 2.56. The van der Waals surface area contributed by atoms with Gasteiger partial charge >= 0.3 is 17.4 Å². The fourth-order valence-electron chi connectivity index (χ4n) is 1.41. The summed E-state index contributed by atoms with van der Waals surface area (Å²) in [6, 6.07) is 0. The summed E-state index contributed by atoms with van der Waals surface area (Å²) < 4.78 is 0. The number of hydrogen-bond donors (Lipinski definition) is 0. The van der Waals surface area contributed by atoms with E-state index in [2.05, 4.69) is 40.7 Å². The number of rotatable bonds is 0. The van der Waals surface area contributed by atoms with Gasteiger partial charge < -0.3 is 24.8 Å². The largest absolute Gasteiger partial charge is 3.00 e. The molecule has 0 unspecified atom stereocenters. The van der Waals surface area contributed by atoms with E-state index in [9.17, 15) is 0 Å². The van der Waals surface area contributed by atoms with Crippen molar-refractivity contribution in [3.63, 3.8) is 0 Å². The maximum Gasteiger partial charge on any atom is 3.00 e. The van der Waals surface area contributed by atoms with Gasteiger partial charge in [-0.05, 0) is 0 Å². The number of halogens is 2. The van der Waals surface area contributed by atoms with Crippen LogP contribution in [0.2, 0.25) is 0 Å². The van der Waals surface area contributed by atoms with Crippen LogP contribution in [0.25, 0.3) is 0 Å². The second-order valence-corrected chi connectivity index (χ2v) is 3.62. The predicted molar refractivity (Wildman–Crippen MR) is 44.6 cm³/mol. The smallest absolute Gasteiger partial charge is 1.00 e. The number of hydrogen-bond acceptors (Lipinski definition) is 0. The molecule has 1 radical (unpaired) electrons. The van der Waals surface area contributed by atoms with Crippen LogP contribution in [0, 0.1) is 11.5 Å². The van der Waals surface area contributed by atoms with Crippen molar-refractivity contribution < 1.29 is 42.2 Å². The molecule has 0 aliphatic heterocycles. The van der Waals surface area contributed by atoms with Crippen molar-refractivity contribution in [2.24, 2.45) is 5.41 Å². The second-order valence-electron chi connectivity index (χ2n) is 3.62. The van der Waals surface area contributed by atoms with E-state index in [1.165, 1.54) is 16.7 Å². The molecule has 0 heterocycles. The molecule has 0 fully saturated rings. The van der Waals surface area contributed by atoms with Crippen molar-refractivity contribution in [3.05, 3.63) is 22.8 Å². The monoisotopic (exact) mass is 257 g/mol. The zero-order valence-corrected chi connectivity index (χ0v) is 11.5. The summed E-state index contributed by atoms with van der Waals surface area (Å²) >= 11 is 0. The topological polar surface area (TPSA) is 0 Å². The van der Waals surface area contributed by atoms with Gasteiger partial charge in [0.1, 0.15) is 0 Å². The number of allylic oxidation sites excluding steroid dienone is 4. The summed E-state index contributed by atoms with van der Waals surface area (Å²) in [5.41, 5.74) is 4.39. The minimum atomic E-state index is 0. The third-order valence-corrected chi connectivity index (χ3v) is 2.56. The first-order valence-corrected chi connectivity index (χ1v) is 3.75. The molecular formula is C10H15Cl2Cr. The van der Waals surface area contributed by atoms with E-state index in [0.29, 0.717) is 0 Å². The van der Waals surface area contributed by atoms with Gasteiger partial charge in [0.05, 0.1) is 0 Å². The molecule has 3 heteroatoms. The van der Waals surface area contributed by atoms with E-state index < -0.39 is 0 Å². The first-order valence-electron chi connectivity index (χ1n) is 3.75. The fraction of sp³-hybridized carbons (Fsp3) is 0.600. The van der Waals surface area contributed by atoms with E-state index in [-0.39, 0.29) is 47.6 Å². The molecule has 0 saturated heterocycles. The Labute approximate surface area is 105 Å². The molecule has 0 amide bonds. The van der Waals surface area contributed by atoms with Gasteiger partial charge in [-0.25, -0.2) is 5.57 Å². The maximum atomic E-state index is 3.44. The molecular weight excluding hydrogens is 243 g/mol. The van der Waals surface area contributed by atoms with Crippen molar-refractivity contribution in [2.45, 2.75) is 34.6 Å². The van der Waals surface area contributed by atoms with Crippen LogP contribution in [0.15, 0.2) is 16.7 Å². The Kier molecular flexibility index (Phi) is 9.08. The van der Waals surface area contributed by atoms with Crippen molar-refractivity contribution in [2.75, 3.05) is 0 Å². The van der Waals surface area contributed by atoms with Crippen LogP contribution < -0.4 is 24.8 Å². The zero-order chi connectivity index (χ0) is 7.94. The summed E-state index contributed by atoms with van der Waals surface area (Å²) in [4.78, 5) is 0. The van der Waals surface area contributed by atoms with Crippen LogP contribution in [0.1, 0.15) is 34.6 Å². The molecule has 0 aromatic carbocycles. The zero-order valence-electron chi connectivity index (χ0n) is 8.66. The van der Waals surface area contributed by atoms with Crippen LogP contribution in [0.5, 0.6) is 0 Å². The summed E-state index contributed by atoms with van der Waals surface area (Å²) in [5.74, 6) is 0. The van der Waals surface area contributed by atoms with Crippen molar-refractivity contribution in [1.82, 2.24) is 0 Å². The molecule has 0 aromatic rings. The Bertz CT molecular complexity index is 227. The Morgan fingerprint density at radius 3 is 1.46 bits per heavy atom. The summed E-state index contributed by atoms with van der Waals surface area (Å²) in [5, 5.41) is 0. The standard InChI is InChI=1S/C10H15.2ClH.Cr/c1-7-6-10(4,5)9(3)8(7)2;;;/h1-5H3;2*1H;/q-1;;;+3/p-2. The normalized spacial score (nSPS) is 18.1. The molecule has 13 heavy (non-hydrogen) atoms. The van der Waals surface area contributed by atoms with Crippen LogP contribution in [-0.2, 0) is 17.4 Å². The molecule has 75 valence electrons. The van der Waals surface area contributed by atoms with Gasteiger partial charge in [-0.15, -0.1) is 6.92 Å². The SMILES string of the molecule is CC1=[C-]C(C)(C)C(C)=C1C.[Cl-].[Cl-].[Cr+3]. The van der Waals surface area contributed by atoms with E-state index in [0.717, 1.165) is 0 Å². The van der Waals surface area contributed by atoms with Gasteiger partial charge in [-0.3, -0.25) is 6.08 Å². The molecule has 0 saturated carbocycles. The van der Waals surface area contributed by atoms with E-state index in [1.807, 2.05) is 0 Å². The maximum absolute atomic E-state index is 3.44. The Morgan fingerprint density at radius 1 is 1.00 bits per heavy atom. The van der Waals surface area contributed by atoms with Gasteiger partial charge in [0, 0.05) is 0 Å². The molecule has 0 aromatic heterocycles. The van der Waals surface area contributed by atoms with Gasteiger partial charge in [0.25, 0.3) is 0 Å². The summed E-state index contributed by atoms with van der Waals surface area (Å²) in [6.07, 6.45) is 3.44. The van der Waals surface area contributed by atoms with Crippen molar-refractivity contribution >= 4 is 0 Å². The van der Waals surface area contributed by atoms with Gasteiger partial charge in [-0.1, -0.05) is 33.1 Å². The quantitative estimate of drug-likeness (QED) is 0.409. The van der Waals surface area contributed by atoms with Crippen molar-refractivity contribution in [3.8, 4) is 0 Å². The van der Waals surface area contributed by atoms with Crippen molar-refractivity contribution in [1.29, 1.82) is 0 Å². The minimum Gasteiger partial charge on any atom is -1.00 e. The molecule has 1 aliphatic carbocycles. The fourth-order valence-corrected chi connectivity index (χ4v) is 1.41. The predicted octanol–water partition coefficient (Wildman–Crippen LogP) is -2.88. The average Bonchev–Trinajstić information content (AvgIpc) is 1.95. The molecule has 1 aliphatic rings. The average molecular weight is 258 g/mol. The Balaban J connectivity index is -0.000000333. The van der Waals surface area contributed by atoms with Crippen LogP contribution in [0.4, 0.5) is 0 Å². The molecule has 0 N–H and O–H groups in total. The first-order chi connectivity index (χ1) is 4.45. The van der Waals surface area contributed by atoms with Gasteiger partial charge in [0.15, 0.2) is 0 Å². The molecule has 0 spiro atoms. The van der Waals surface area contributed by atoms with Crippen LogP contribution in [0.3, 0.4) is 0 Å². The summed E-state index contributed by atoms with van der Waals surface area (Å²) in [7, 11) is 0. The summed E-state index contributed by atoms with van der Waals surface area (Å²) in [6.45, 7) is 10.9. The Morgan fingerprint density at radius 2 is 1.38 bits per heavy atom. The molecule has 0 nitrogen and oxygen atoms in total. The van der Waals surface area contributed by atoms with Gasteiger partial charge in [-0.2, -0.15) is 11.1 Å². The van der Waals surface area contributed by atoms with E-state index >= 15 is 0 Å².